The van der Waals surface area contributed by atoms with Crippen molar-refractivity contribution in [2.45, 2.75) is 522 Å². The van der Waals surface area contributed by atoms with Crippen LogP contribution in [-0.4, -0.2) is 23.4 Å². The minimum atomic E-state index is -0.125. The van der Waals surface area contributed by atoms with Crippen molar-refractivity contribution in [3.8, 4) is 0 Å². The molecule has 2 N–H and O–H groups in total. The van der Waals surface area contributed by atoms with Crippen LogP contribution in [0.4, 0.5) is 0 Å². The number of unbranched alkanes of at least 4 members (excludes halogenated alkanes) is 56. The summed E-state index contributed by atoms with van der Waals surface area (Å²) >= 11 is 0. The molecule has 0 aliphatic carbocycles. The largest absolute Gasteiger partial charge is 0.394 e. The molecule has 522 valence electrons. The molecule has 0 atom stereocenters. The molecule has 0 amide bonds. The quantitative estimate of drug-likeness (QED) is 0.0596. The molecular weight excluding hydrogens is 1020 g/mol. The van der Waals surface area contributed by atoms with E-state index < -0.39 is 0 Å². The number of hydrogen-bond donors (Lipinski definition) is 2. The Labute approximate surface area is 542 Å². The maximum absolute atomic E-state index is 7.62. The molecule has 0 aliphatic heterocycles. The van der Waals surface area contributed by atoms with Crippen LogP contribution < -0.4 is 0 Å². The van der Waals surface area contributed by atoms with Crippen LogP contribution in [0.1, 0.15) is 522 Å². The Morgan fingerprint density at radius 3 is 0.179 bits per heavy atom. The summed E-state index contributed by atoms with van der Waals surface area (Å²) in [6.45, 7) is 36.1. The van der Waals surface area contributed by atoms with Crippen molar-refractivity contribution in [3.05, 3.63) is 0 Å². The van der Waals surface area contributed by atoms with Gasteiger partial charge in [0.1, 0.15) is 0 Å². The summed E-state index contributed by atoms with van der Waals surface area (Å²) in [5.74, 6) is 0. The zero-order valence-corrected chi connectivity index (χ0v) is 63.6. The molecule has 2 nitrogen and oxygen atoms in total. The third kappa shape index (κ3) is 166. The molecule has 0 aromatic carbocycles. The lowest BCUT2D eigenvalue weighted by molar-refractivity contribution is 0.186. The van der Waals surface area contributed by atoms with Gasteiger partial charge in [0.05, 0.1) is 13.2 Å². The monoisotopic (exact) mass is 1200 g/mol. The highest BCUT2D eigenvalue weighted by Gasteiger charge is 1.93. The summed E-state index contributed by atoms with van der Waals surface area (Å²) in [6, 6.07) is 0. The predicted octanol–water partition coefficient (Wildman–Crippen LogP) is 32.1. The topological polar surface area (TPSA) is 40.5 Å². The smallest absolute Gasteiger partial charge is 0.0662 e. The Morgan fingerprint density at radius 2 is 0.143 bits per heavy atom. The van der Waals surface area contributed by atoms with E-state index in [9.17, 15) is 0 Å². The molecule has 0 saturated heterocycles. The maximum atomic E-state index is 7.62. The van der Waals surface area contributed by atoms with Crippen molar-refractivity contribution in [3.63, 3.8) is 0 Å². The van der Waals surface area contributed by atoms with Crippen molar-refractivity contribution in [2.75, 3.05) is 13.2 Å². The fourth-order valence-corrected chi connectivity index (χ4v) is 9.66. The molecule has 0 aliphatic rings. The van der Waals surface area contributed by atoms with Crippen LogP contribution >= 0.6 is 0 Å². The first kappa shape index (κ1) is 103. The van der Waals surface area contributed by atoms with E-state index in [1.165, 1.54) is 411 Å². The number of aliphatic hydroxyl groups is 2. The lowest BCUT2D eigenvalue weighted by atomic mass is 10.1. The molecule has 84 heavy (non-hydrogen) atoms. The molecule has 0 bridgehead atoms. The summed E-state index contributed by atoms with van der Waals surface area (Å²) in [7, 11) is 0. The molecule has 0 heterocycles. The first-order valence-corrected chi connectivity index (χ1v) is 40.4. The van der Waals surface area contributed by atoms with Gasteiger partial charge in [-0.3, -0.25) is 0 Å². The predicted molar refractivity (Wildman–Crippen MR) is 400 cm³/mol. The van der Waals surface area contributed by atoms with Crippen molar-refractivity contribution in [1.29, 1.82) is 0 Å². The Balaban J connectivity index is -0.000000108. The first-order valence-electron chi connectivity index (χ1n) is 40.4. The summed E-state index contributed by atoms with van der Waals surface area (Å²) < 4.78 is 0. The molecule has 0 radical (unpaired) electrons. The zero-order valence-electron chi connectivity index (χ0n) is 63.6. The molecule has 0 rings (SSSR count). The highest BCUT2D eigenvalue weighted by molar-refractivity contribution is 4.49. The summed E-state index contributed by atoms with van der Waals surface area (Å²) in [4.78, 5) is 0. The van der Waals surface area contributed by atoms with E-state index in [0.717, 1.165) is 0 Å². The average Bonchev–Trinajstić information content (AvgIpc) is 3.51. The second kappa shape index (κ2) is 128. The van der Waals surface area contributed by atoms with Gasteiger partial charge in [0.2, 0.25) is 0 Å². The number of hydrogen-bond acceptors (Lipinski definition) is 2. The second-order valence-corrected chi connectivity index (χ2v) is 25.4. The van der Waals surface area contributed by atoms with Gasteiger partial charge >= 0.3 is 0 Å². The van der Waals surface area contributed by atoms with Crippen LogP contribution in [0.15, 0.2) is 0 Å². The third-order valence-corrected chi connectivity index (χ3v) is 15.8. The average molecular weight is 1200 g/mol. The Kier molecular flexibility index (Phi) is 157. The fraction of sp³-hybridized carbons (Fsp3) is 1.00. The lowest BCUT2D eigenvalue weighted by Gasteiger charge is -1.97. The molecule has 0 fully saturated rings. The standard InChI is InChI=1S/8C10H22.C2H6O2/c8*1-3-5-7-9-10-8-6-4-2;3-1-2-4/h8*3-10H2,1-2H3;3-4H,1-2H2. The molecule has 0 spiro atoms. The van der Waals surface area contributed by atoms with E-state index in [-0.39, 0.29) is 13.2 Å². The summed E-state index contributed by atoms with van der Waals surface area (Å²) in [5, 5.41) is 15.2. The molecule has 0 aromatic heterocycles. The Hall–Kier alpha value is -0.0800. The van der Waals surface area contributed by atoms with Gasteiger partial charge in [0.25, 0.3) is 0 Å². The van der Waals surface area contributed by atoms with Gasteiger partial charge in [-0.05, 0) is 0 Å². The second-order valence-electron chi connectivity index (χ2n) is 25.4. The van der Waals surface area contributed by atoms with E-state index in [4.69, 9.17) is 10.2 Å². The zero-order chi connectivity index (χ0) is 64.7. The third-order valence-electron chi connectivity index (χ3n) is 15.8. The van der Waals surface area contributed by atoms with Gasteiger partial charge in [-0.1, -0.05) is 522 Å². The van der Waals surface area contributed by atoms with Crippen LogP contribution in [0.3, 0.4) is 0 Å². The minimum absolute atomic E-state index is 0.125. The van der Waals surface area contributed by atoms with Gasteiger partial charge in [-0.15, -0.1) is 0 Å². The van der Waals surface area contributed by atoms with E-state index in [1.54, 1.807) is 0 Å². The highest BCUT2D eigenvalue weighted by atomic mass is 16.3. The van der Waals surface area contributed by atoms with Gasteiger partial charge in [0, 0.05) is 0 Å². The van der Waals surface area contributed by atoms with E-state index in [1.807, 2.05) is 0 Å². The van der Waals surface area contributed by atoms with Crippen molar-refractivity contribution in [2.24, 2.45) is 0 Å². The SMILES string of the molecule is CCCCCCCCCC.CCCCCCCCCC.CCCCCCCCCC.CCCCCCCCCC.CCCCCCCCCC.CCCCCCCCCC.CCCCCCCCCC.CCCCCCCCCC.OCCO. The van der Waals surface area contributed by atoms with Crippen LogP contribution in [0.2, 0.25) is 0 Å². The molecule has 0 unspecified atom stereocenters. The first-order chi connectivity index (χ1) is 41.2. The lowest BCUT2D eigenvalue weighted by Crippen LogP contribution is -1.85. The Morgan fingerprint density at radius 1 is 0.0952 bits per heavy atom. The van der Waals surface area contributed by atoms with Gasteiger partial charge in [-0.25, -0.2) is 0 Å². The van der Waals surface area contributed by atoms with Gasteiger partial charge in [0.15, 0.2) is 0 Å². The minimum Gasteiger partial charge on any atom is -0.394 e. The van der Waals surface area contributed by atoms with E-state index in [2.05, 4.69) is 111 Å². The normalized spacial score (nSPS) is 10.1. The summed E-state index contributed by atoms with van der Waals surface area (Å²) in [5.41, 5.74) is 0. The van der Waals surface area contributed by atoms with Crippen LogP contribution in [0.25, 0.3) is 0 Å². The molecule has 0 aromatic rings. The molecule has 0 saturated carbocycles. The van der Waals surface area contributed by atoms with Gasteiger partial charge < -0.3 is 10.2 Å². The van der Waals surface area contributed by atoms with Crippen LogP contribution in [0.5, 0.6) is 0 Å². The van der Waals surface area contributed by atoms with Crippen molar-refractivity contribution >= 4 is 0 Å². The van der Waals surface area contributed by atoms with E-state index in [0.29, 0.717) is 0 Å². The number of rotatable bonds is 57. The fourth-order valence-electron chi connectivity index (χ4n) is 9.66. The van der Waals surface area contributed by atoms with E-state index >= 15 is 0 Å². The number of aliphatic hydroxyl groups excluding tert-OH is 2. The van der Waals surface area contributed by atoms with Crippen LogP contribution in [0, 0.1) is 0 Å². The van der Waals surface area contributed by atoms with Crippen molar-refractivity contribution < 1.29 is 10.2 Å². The summed E-state index contributed by atoms with van der Waals surface area (Å²) in [6.07, 6.45) is 91.7. The highest BCUT2D eigenvalue weighted by Crippen LogP contribution is 2.13. The van der Waals surface area contributed by atoms with Crippen molar-refractivity contribution in [1.82, 2.24) is 0 Å². The Bertz CT molecular complexity index is 553. The maximum Gasteiger partial charge on any atom is 0.0662 e. The van der Waals surface area contributed by atoms with Gasteiger partial charge in [-0.2, -0.15) is 0 Å². The molecular formula is C82H182O2. The molecule has 2 heteroatoms. The van der Waals surface area contributed by atoms with Crippen LogP contribution in [-0.2, 0) is 0 Å².